The number of halogens is 1. The normalized spacial score (nSPS) is 25.3. The standard InChI is InChI=1S/C18H25ClN2O3/c1-18(2,3)24-17(23)20-8-6-14(7-9-20)21-15-5-4-13(19)10-12(15)11-16(21)22/h4-5,12,14H,6-11H2,1-3H3. The quantitative estimate of drug-likeness (QED) is 0.723. The van der Waals surface area contributed by atoms with E-state index in [0.29, 0.717) is 19.5 Å². The smallest absolute Gasteiger partial charge is 0.410 e. The average Bonchev–Trinajstić information content (AvgIpc) is 2.80. The van der Waals surface area contributed by atoms with E-state index < -0.39 is 5.60 Å². The molecule has 1 unspecified atom stereocenters. The van der Waals surface area contributed by atoms with E-state index in [4.69, 9.17) is 16.3 Å². The van der Waals surface area contributed by atoms with Crippen molar-refractivity contribution in [3.63, 3.8) is 0 Å². The van der Waals surface area contributed by atoms with E-state index in [1.54, 1.807) is 4.90 Å². The zero-order chi connectivity index (χ0) is 17.5. The van der Waals surface area contributed by atoms with Crippen molar-refractivity contribution in [2.24, 2.45) is 5.92 Å². The summed E-state index contributed by atoms with van der Waals surface area (Å²) in [6, 6.07) is 0.165. The minimum Gasteiger partial charge on any atom is -0.444 e. The Morgan fingerprint density at radius 1 is 1.21 bits per heavy atom. The number of allylic oxidation sites excluding steroid dienone is 4. The van der Waals surface area contributed by atoms with Crippen LogP contribution in [0.25, 0.3) is 0 Å². The molecule has 2 saturated heterocycles. The van der Waals surface area contributed by atoms with Gasteiger partial charge in [-0.3, -0.25) is 4.79 Å². The van der Waals surface area contributed by atoms with Crippen LogP contribution in [-0.4, -0.2) is 46.5 Å². The third kappa shape index (κ3) is 3.61. The first-order chi connectivity index (χ1) is 11.2. The van der Waals surface area contributed by atoms with Crippen molar-refractivity contribution in [1.29, 1.82) is 0 Å². The molecule has 1 aliphatic carbocycles. The Bertz CT molecular complexity index is 598. The summed E-state index contributed by atoms with van der Waals surface area (Å²) in [5, 5.41) is 0.818. The molecular formula is C18H25ClN2O3. The molecule has 0 saturated carbocycles. The van der Waals surface area contributed by atoms with Crippen LogP contribution >= 0.6 is 11.6 Å². The number of rotatable bonds is 1. The van der Waals surface area contributed by atoms with Crippen LogP contribution < -0.4 is 0 Å². The van der Waals surface area contributed by atoms with E-state index >= 15 is 0 Å². The molecule has 2 fully saturated rings. The number of hydrogen-bond acceptors (Lipinski definition) is 3. The third-order valence-electron chi connectivity index (χ3n) is 4.74. The fourth-order valence-electron chi connectivity index (χ4n) is 3.67. The molecule has 6 heteroatoms. The molecule has 0 spiro atoms. The van der Waals surface area contributed by atoms with Crippen LogP contribution in [0.4, 0.5) is 4.79 Å². The zero-order valence-electron chi connectivity index (χ0n) is 14.5. The molecule has 0 N–H and O–H groups in total. The van der Waals surface area contributed by atoms with E-state index in [2.05, 4.69) is 0 Å². The lowest BCUT2D eigenvalue weighted by atomic mass is 9.96. The Kier molecular flexibility index (Phi) is 4.65. The minimum absolute atomic E-state index is 0.165. The number of carbonyl (C=O) groups excluding carboxylic acids is 2. The molecule has 0 aromatic heterocycles. The van der Waals surface area contributed by atoms with Crippen LogP contribution in [0.5, 0.6) is 0 Å². The molecule has 3 aliphatic rings. The highest BCUT2D eigenvalue weighted by atomic mass is 35.5. The van der Waals surface area contributed by atoms with Crippen LogP contribution in [0.1, 0.15) is 46.5 Å². The van der Waals surface area contributed by atoms with E-state index in [-0.39, 0.29) is 24.0 Å². The molecule has 2 amide bonds. The number of ether oxygens (including phenoxy) is 1. The summed E-state index contributed by atoms with van der Waals surface area (Å²) < 4.78 is 5.43. The molecule has 0 radical (unpaired) electrons. The predicted molar refractivity (Wildman–Crippen MR) is 92.4 cm³/mol. The Morgan fingerprint density at radius 2 is 1.88 bits per heavy atom. The molecule has 3 rings (SSSR count). The maximum atomic E-state index is 12.5. The molecule has 132 valence electrons. The number of likely N-dealkylation sites (tertiary alicyclic amines) is 2. The highest BCUT2D eigenvalue weighted by molar-refractivity contribution is 6.29. The second-order valence-corrected chi connectivity index (χ2v) is 8.26. The number of hydrogen-bond donors (Lipinski definition) is 0. The number of piperidine rings is 1. The van der Waals surface area contributed by atoms with E-state index in [0.717, 1.165) is 30.0 Å². The molecule has 2 aliphatic heterocycles. The molecule has 24 heavy (non-hydrogen) atoms. The first kappa shape index (κ1) is 17.3. The number of nitrogens with zero attached hydrogens (tertiary/aromatic N) is 2. The summed E-state index contributed by atoms with van der Waals surface area (Å²) in [5.41, 5.74) is 0.616. The van der Waals surface area contributed by atoms with Gasteiger partial charge in [0.15, 0.2) is 0 Å². The summed E-state index contributed by atoms with van der Waals surface area (Å²) in [4.78, 5) is 28.3. The van der Waals surface area contributed by atoms with Crippen molar-refractivity contribution in [1.82, 2.24) is 9.80 Å². The average molecular weight is 353 g/mol. The van der Waals surface area contributed by atoms with Gasteiger partial charge < -0.3 is 14.5 Å². The summed E-state index contributed by atoms with van der Waals surface area (Å²) in [7, 11) is 0. The Morgan fingerprint density at radius 3 is 2.50 bits per heavy atom. The first-order valence-corrected chi connectivity index (χ1v) is 8.98. The number of amides is 2. The van der Waals surface area contributed by atoms with Gasteiger partial charge in [-0.05, 0) is 52.2 Å². The number of fused-ring (bicyclic) bond motifs is 1. The van der Waals surface area contributed by atoms with Crippen molar-refractivity contribution < 1.29 is 14.3 Å². The van der Waals surface area contributed by atoms with Crippen LogP contribution in [-0.2, 0) is 9.53 Å². The Hall–Kier alpha value is -1.49. The molecule has 0 bridgehead atoms. The molecule has 0 aromatic rings. The van der Waals surface area contributed by atoms with Crippen molar-refractivity contribution in [2.75, 3.05) is 13.1 Å². The zero-order valence-corrected chi connectivity index (χ0v) is 15.3. The number of carbonyl (C=O) groups is 2. The van der Waals surface area contributed by atoms with E-state index in [9.17, 15) is 9.59 Å². The Balaban J connectivity index is 1.62. The summed E-state index contributed by atoms with van der Waals surface area (Å²) in [6.07, 6.45) is 6.49. The van der Waals surface area contributed by atoms with Crippen LogP contribution in [0.15, 0.2) is 22.9 Å². The van der Waals surface area contributed by atoms with Crippen LogP contribution in [0, 0.1) is 5.92 Å². The monoisotopic (exact) mass is 352 g/mol. The van der Waals surface area contributed by atoms with Gasteiger partial charge in [0, 0.05) is 42.2 Å². The lowest BCUT2D eigenvalue weighted by Crippen LogP contribution is -2.48. The van der Waals surface area contributed by atoms with Gasteiger partial charge in [-0.1, -0.05) is 11.6 Å². The summed E-state index contributed by atoms with van der Waals surface area (Å²) in [6.45, 7) is 6.86. The molecular weight excluding hydrogens is 328 g/mol. The van der Waals surface area contributed by atoms with Crippen LogP contribution in [0.3, 0.4) is 0 Å². The third-order valence-corrected chi connectivity index (χ3v) is 5.02. The molecule has 2 heterocycles. The minimum atomic E-state index is -0.482. The fourth-order valence-corrected chi connectivity index (χ4v) is 3.92. The van der Waals surface area contributed by atoms with Gasteiger partial charge in [-0.15, -0.1) is 0 Å². The van der Waals surface area contributed by atoms with Crippen molar-refractivity contribution >= 4 is 23.6 Å². The van der Waals surface area contributed by atoms with Gasteiger partial charge in [0.2, 0.25) is 5.91 Å². The molecule has 1 atom stereocenters. The topological polar surface area (TPSA) is 49.9 Å². The van der Waals surface area contributed by atoms with Crippen molar-refractivity contribution in [3.05, 3.63) is 22.9 Å². The molecule has 0 aromatic carbocycles. The molecule has 5 nitrogen and oxygen atoms in total. The lowest BCUT2D eigenvalue weighted by molar-refractivity contribution is -0.129. The van der Waals surface area contributed by atoms with Gasteiger partial charge in [0.05, 0.1) is 0 Å². The van der Waals surface area contributed by atoms with Crippen molar-refractivity contribution in [3.8, 4) is 0 Å². The summed E-state index contributed by atoms with van der Waals surface area (Å²) in [5.74, 6) is 0.403. The van der Waals surface area contributed by atoms with Gasteiger partial charge in [-0.2, -0.15) is 0 Å². The largest absolute Gasteiger partial charge is 0.444 e. The first-order valence-electron chi connectivity index (χ1n) is 8.61. The fraction of sp³-hybridized carbons (Fsp3) is 0.667. The van der Waals surface area contributed by atoms with Gasteiger partial charge >= 0.3 is 6.09 Å². The van der Waals surface area contributed by atoms with Gasteiger partial charge in [-0.25, -0.2) is 4.79 Å². The highest BCUT2D eigenvalue weighted by Crippen LogP contribution is 2.40. The predicted octanol–water partition coefficient (Wildman–Crippen LogP) is 3.64. The maximum absolute atomic E-state index is 12.5. The van der Waals surface area contributed by atoms with E-state index in [1.807, 2.05) is 37.8 Å². The van der Waals surface area contributed by atoms with Crippen molar-refractivity contribution in [2.45, 2.75) is 58.1 Å². The van der Waals surface area contributed by atoms with Gasteiger partial charge in [0.25, 0.3) is 0 Å². The summed E-state index contributed by atoms with van der Waals surface area (Å²) >= 11 is 6.10. The lowest BCUT2D eigenvalue weighted by Gasteiger charge is -2.38. The maximum Gasteiger partial charge on any atom is 0.410 e. The van der Waals surface area contributed by atoms with Crippen LogP contribution in [0.2, 0.25) is 0 Å². The Labute approximate surface area is 148 Å². The highest BCUT2D eigenvalue weighted by Gasteiger charge is 2.41. The second kappa shape index (κ2) is 6.43. The van der Waals surface area contributed by atoms with Gasteiger partial charge in [0.1, 0.15) is 5.60 Å². The van der Waals surface area contributed by atoms with E-state index in [1.165, 1.54) is 0 Å². The second-order valence-electron chi connectivity index (χ2n) is 7.77. The SMILES string of the molecule is CC(C)(C)OC(=O)N1CCC(N2C(=O)CC3CC(Cl)=CC=C32)CC1.